The molecule has 0 heterocycles. The van der Waals surface area contributed by atoms with Gasteiger partial charge in [-0.2, -0.15) is 0 Å². The summed E-state index contributed by atoms with van der Waals surface area (Å²) in [4.78, 5) is 27.4. The van der Waals surface area contributed by atoms with Crippen LogP contribution < -0.4 is 5.32 Å². The summed E-state index contributed by atoms with van der Waals surface area (Å²) in [5.41, 5.74) is 2.04. The Hall–Kier alpha value is -1.50. The van der Waals surface area contributed by atoms with Gasteiger partial charge in [0, 0.05) is 27.8 Å². The maximum Gasteiger partial charge on any atom is 0.242 e. The van der Waals surface area contributed by atoms with Gasteiger partial charge in [-0.3, -0.25) is 9.59 Å². The van der Waals surface area contributed by atoms with Gasteiger partial charge in [0.25, 0.3) is 0 Å². The third-order valence-corrected chi connectivity index (χ3v) is 6.51. The molecular formula is C23H28BrClN2O2S. The lowest BCUT2D eigenvalue weighted by molar-refractivity contribution is -0.138. The van der Waals surface area contributed by atoms with Crippen molar-refractivity contribution < 1.29 is 9.59 Å². The molecule has 0 spiro atoms. The average molecular weight is 512 g/mol. The maximum atomic E-state index is 13.1. The standard InChI is InChI=1S/C23H28BrClN2O2S/c1-4-16(2)26-23(29)17(3)27(13-18-7-5-9-20(24)11-18)22(28)15-30-14-19-8-6-10-21(25)12-19/h5-12,16-17H,4,13-15H2,1-3H3,(H,26,29)/t16-,17+/m0/s1. The smallest absolute Gasteiger partial charge is 0.242 e. The van der Waals surface area contributed by atoms with Crippen LogP contribution in [0.15, 0.2) is 53.0 Å². The van der Waals surface area contributed by atoms with Crippen LogP contribution >= 0.6 is 39.3 Å². The minimum absolute atomic E-state index is 0.0613. The first-order chi connectivity index (χ1) is 14.3. The summed E-state index contributed by atoms with van der Waals surface area (Å²) in [5, 5.41) is 3.67. The van der Waals surface area contributed by atoms with Gasteiger partial charge in [-0.05, 0) is 55.7 Å². The molecule has 2 rings (SSSR count). The van der Waals surface area contributed by atoms with Crippen LogP contribution in [0.3, 0.4) is 0 Å². The molecule has 2 amide bonds. The minimum atomic E-state index is -0.558. The molecule has 0 aromatic heterocycles. The molecule has 0 aliphatic carbocycles. The Morgan fingerprint density at radius 3 is 2.50 bits per heavy atom. The van der Waals surface area contributed by atoms with Crippen molar-refractivity contribution in [3.05, 3.63) is 69.2 Å². The molecule has 7 heteroatoms. The van der Waals surface area contributed by atoms with Gasteiger partial charge in [0.05, 0.1) is 5.75 Å². The molecule has 1 N–H and O–H groups in total. The Balaban J connectivity index is 2.08. The largest absolute Gasteiger partial charge is 0.352 e. The molecule has 4 nitrogen and oxygen atoms in total. The van der Waals surface area contributed by atoms with Gasteiger partial charge in [-0.25, -0.2) is 0 Å². The number of hydrogen-bond donors (Lipinski definition) is 1. The second-order valence-corrected chi connectivity index (χ2v) is 9.61. The first-order valence-electron chi connectivity index (χ1n) is 9.96. The van der Waals surface area contributed by atoms with Crippen LogP contribution in [0.25, 0.3) is 0 Å². The van der Waals surface area contributed by atoms with Gasteiger partial charge in [0.15, 0.2) is 0 Å². The summed E-state index contributed by atoms with van der Waals surface area (Å²) in [6, 6.07) is 14.9. The topological polar surface area (TPSA) is 49.4 Å². The van der Waals surface area contributed by atoms with Gasteiger partial charge in [0.2, 0.25) is 11.8 Å². The van der Waals surface area contributed by atoms with Crippen LogP contribution in [-0.4, -0.2) is 34.6 Å². The predicted octanol–water partition coefficient (Wildman–Crippen LogP) is 5.67. The zero-order chi connectivity index (χ0) is 22.1. The summed E-state index contributed by atoms with van der Waals surface area (Å²) >= 11 is 11.0. The van der Waals surface area contributed by atoms with Crippen molar-refractivity contribution in [2.24, 2.45) is 0 Å². The molecule has 2 atom stereocenters. The number of thioether (sulfide) groups is 1. The van der Waals surface area contributed by atoms with Crippen molar-refractivity contribution in [1.29, 1.82) is 0 Å². The molecule has 0 aliphatic heterocycles. The van der Waals surface area contributed by atoms with E-state index >= 15 is 0 Å². The van der Waals surface area contributed by atoms with Gasteiger partial charge in [-0.15, -0.1) is 11.8 Å². The van der Waals surface area contributed by atoms with E-state index in [-0.39, 0.29) is 17.9 Å². The van der Waals surface area contributed by atoms with E-state index in [1.807, 2.05) is 62.4 Å². The zero-order valence-corrected chi connectivity index (χ0v) is 20.7. The number of rotatable bonds is 10. The van der Waals surface area contributed by atoms with E-state index < -0.39 is 6.04 Å². The lowest BCUT2D eigenvalue weighted by atomic mass is 10.1. The van der Waals surface area contributed by atoms with E-state index in [4.69, 9.17) is 11.6 Å². The molecule has 0 unspecified atom stereocenters. The number of benzene rings is 2. The Morgan fingerprint density at radius 1 is 1.13 bits per heavy atom. The normalized spacial score (nSPS) is 12.8. The number of carbonyl (C=O) groups excluding carboxylic acids is 2. The van der Waals surface area contributed by atoms with Crippen LogP contribution in [0.1, 0.15) is 38.3 Å². The van der Waals surface area contributed by atoms with Crippen LogP contribution in [0.5, 0.6) is 0 Å². The fourth-order valence-corrected chi connectivity index (χ4v) is 4.36. The number of hydrogen-bond acceptors (Lipinski definition) is 3. The van der Waals surface area contributed by atoms with Gasteiger partial charge >= 0.3 is 0 Å². The summed E-state index contributed by atoms with van der Waals surface area (Å²) < 4.78 is 0.944. The van der Waals surface area contributed by atoms with Crippen LogP contribution in [0.2, 0.25) is 5.02 Å². The number of nitrogens with zero attached hydrogens (tertiary/aromatic N) is 1. The van der Waals surface area contributed by atoms with Crippen molar-refractivity contribution in [1.82, 2.24) is 10.2 Å². The first-order valence-corrected chi connectivity index (χ1v) is 12.3. The Bertz CT molecular complexity index is 865. The average Bonchev–Trinajstić information content (AvgIpc) is 2.71. The Morgan fingerprint density at radius 2 is 1.83 bits per heavy atom. The second-order valence-electron chi connectivity index (χ2n) is 7.27. The van der Waals surface area contributed by atoms with Crippen molar-refractivity contribution in [2.75, 3.05) is 5.75 Å². The SMILES string of the molecule is CC[C@H](C)NC(=O)[C@@H](C)N(Cc1cccc(Br)c1)C(=O)CSCc1cccc(Cl)c1. The second kappa shape index (κ2) is 12.4. The fourth-order valence-electron chi connectivity index (χ4n) is 2.85. The van der Waals surface area contributed by atoms with E-state index in [0.29, 0.717) is 23.1 Å². The van der Waals surface area contributed by atoms with Gasteiger partial charge in [-0.1, -0.05) is 58.7 Å². The maximum absolute atomic E-state index is 13.1. The lowest BCUT2D eigenvalue weighted by Crippen LogP contribution is -2.50. The van der Waals surface area contributed by atoms with E-state index in [1.165, 1.54) is 11.8 Å². The molecule has 0 radical (unpaired) electrons. The highest BCUT2D eigenvalue weighted by molar-refractivity contribution is 9.10. The van der Waals surface area contributed by atoms with E-state index in [0.717, 1.165) is 22.0 Å². The first kappa shape index (κ1) is 24.8. The highest BCUT2D eigenvalue weighted by Crippen LogP contribution is 2.19. The predicted molar refractivity (Wildman–Crippen MR) is 130 cm³/mol. The van der Waals surface area contributed by atoms with Crippen molar-refractivity contribution >= 4 is 51.1 Å². The molecule has 162 valence electrons. The molecule has 2 aromatic rings. The van der Waals surface area contributed by atoms with Crippen LogP contribution in [-0.2, 0) is 21.9 Å². The number of amides is 2. The third-order valence-electron chi connectivity index (χ3n) is 4.79. The van der Waals surface area contributed by atoms with Gasteiger partial charge in [0.1, 0.15) is 6.04 Å². The molecule has 30 heavy (non-hydrogen) atoms. The number of carbonyl (C=O) groups is 2. The summed E-state index contributed by atoms with van der Waals surface area (Å²) in [6.45, 7) is 6.15. The molecule has 0 saturated carbocycles. The number of halogens is 2. The zero-order valence-electron chi connectivity index (χ0n) is 17.5. The van der Waals surface area contributed by atoms with Crippen molar-refractivity contribution in [3.63, 3.8) is 0 Å². The summed E-state index contributed by atoms with van der Waals surface area (Å²) in [6.07, 6.45) is 0.841. The van der Waals surface area contributed by atoms with Crippen LogP contribution in [0, 0.1) is 0 Å². The quantitative estimate of drug-likeness (QED) is 0.447. The Labute approximate surface area is 196 Å². The van der Waals surface area contributed by atoms with Crippen molar-refractivity contribution in [2.45, 2.75) is 51.6 Å². The molecule has 0 saturated heterocycles. The van der Waals surface area contributed by atoms with Crippen molar-refractivity contribution in [3.8, 4) is 0 Å². The minimum Gasteiger partial charge on any atom is -0.352 e. The summed E-state index contributed by atoms with van der Waals surface area (Å²) in [5.74, 6) is 0.785. The van der Waals surface area contributed by atoms with E-state index in [1.54, 1.807) is 11.8 Å². The third kappa shape index (κ3) is 7.97. The van der Waals surface area contributed by atoms with E-state index in [2.05, 4.69) is 21.2 Å². The highest BCUT2D eigenvalue weighted by atomic mass is 79.9. The molecule has 2 aromatic carbocycles. The summed E-state index contributed by atoms with van der Waals surface area (Å²) in [7, 11) is 0. The highest BCUT2D eigenvalue weighted by Gasteiger charge is 2.26. The monoisotopic (exact) mass is 510 g/mol. The molecule has 0 fully saturated rings. The molecule has 0 bridgehead atoms. The Kier molecular flexibility index (Phi) is 10.2. The fraction of sp³-hybridized carbons (Fsp3) is 0.391. The van der Waals surface area contributed by atoms with E-state index in [9.17, 15) is 9.59 Å². The van der Waals surface area contributed by atoms with Crippen LogP contribution in [0.4, 0.5) is 0 Å². The number of nitrogens with one attached hydrogen (secondary N) is 1. The van der Waals surface area contributed by atoms with Gasteiger partial charge < -0.3 is 10.2 Å². The lowest BCUT2D eigenvalue weighted by Gasteiger charge is -2.29. The molecule has 0 aliphatic rings. The molecular weight excluding hydrogens is 484 g/mol.